The maximum Gasteiger partial charge on any atom is 0.222 e. The Morgan fingerprint density at radius 2 is 2.05 bits per heavy atom. The molecule has 1 aromatic carbocycles. The van der Waals surface area contributed by atoms with E-state index in [0.29, 0.717) is 6.42 Å². The number of piperazine rings is 1. The van der Waals surface area contributed by atoms with Gasteiger partial charge >= 0.3 is 0 Å². The summed E-state index contributed by atoms with van der Waals surface area (Å²) in [5.74, 6) is 0.216. The Kier molecular flexibility index (Phi) is 5.26. The van der Waals surface area contributed by atoms with Crippen LogP contribution in [0.1, 0.15) is 19.8 Å². The number of amides is 1. The van der Waals surface area contributed by atoms with Crippen molar-refractivity contribution < 1.29 is 4.79 Å². The minimum atomic E-state index is 0.0895. The summed E-state index contributed by atoms with van der Waals surface area (Å²) in [6.07, 6.45) is 1.31. The molecule has 0 radical (unpaired) electrons. The van der Waals surface area contributed by atoms with Gasteiger partial charge in [-0.2, -0.15) is 0 Å². The maximum absolute atomic E-state index is 12.0. The van der Waals surface area contributed by atoms with Gasteiger partial charge in [0.15, 0.2) is 0 Å². The molecule has 0 aliphatic carbocycles. The van der Waals surface area contributed by atoms with Gasteiger partial charge in [0, 0.05) is 49.4 Å². The Morgan fingerprint density at radius 1 is 1.35 bits per heavy atom. The average molecular weight is 296 g/mol. The van der Waals surface area contributed by atoms with Crippen LogP contribution in [0.3, 0.4) is 0 Å². The lowest BCUT2D eigenvalue weighted by molar-refractivity contribution is -0.131. The summed E-state index contributed by atoms with van der Waals surface area (Å²) in [7, 11) is 0. The van der Waals surface area contributed by atoms with Gasteiger partial charge in [-0.3, -0.25) is 4.79 Å². The zero-order valence-electron chi connectivity index (χ0n) is 11.9. The van der Waals surface area contributed by atoms with Crippen molar-refractivity contribution in [3.63, 3.8) is 0 Å². The summed E-state index contributed by atoms with van der Waals surface area (Å²) in [4.78, 5) is 16.2. The normalized spacial score (nSPS) is 17.1. The van der Waals surface area contributed by atoms with Crippen molar-refractivity contribution in [3.05, 3.63) is 29.3 Å². The number of nitrogens with two attached hydrogens (primary N) is 1. The van der Waals surface area contributed by atoms with E-state index < -0.39 is 0 Å². The van der Waals surface area contributed by atoms with E-state index in [-0.39, 0.29) is 11.9 Å². The first-order chi connectivity index (χ1) is 9.56. The Balaban J connectivity index is 1.84. The van der Waals surface area contributed by atoms with Gasteiger partial charge in [-0.15, -0.1) is 0 Å². The van der Waals surface area contributed by atoms with E-state index in [9.17, 15) is 4.79 Å². The molecule has 5 heteroatoms. The molecule has 110 valence electrons. The molecule has 1 fully saturated rings. The molecular formula is C15H22ClN3O. The molecule has 1 aromatic rings. The summed E-state index contributed by atoms with van der Waals surface area (Å²) in [6.45, 7) is 5.17. The molecular weight excluding hydrogens is 274 g/mol. The van der Waals surface area contributed by atoms with Gasteiger partial charge in [-0.1, -0.05) is 17.7 Å². The third kappa shape index (κ3) is 4.12. The van der Waals surface area contributed by atoms with E-state index in [0.717, 1.165) is 43.3 Å². The summed E-state index contributed by atoms with van der Waals surface area (Å²) in [5.41, 5.74) is 6.82. The molecule has 1 aliphatic rings. The highest BCUT2D eigenvalue weighted by molar-refractivity contribution is 6.30. The number of hydrogen-bond donors (Lipinski definition) is 1. The number of anilines is 1. The Hall–Kier alpha value is -1.26. The van der Waals surface area contributed by atoms with Gasteiger partial charge < -0.3 is 15.5 Å². The number of nitrogens with zero attached hydrogens (tertiary/aromatic N) is 2. The highest BCUT2D eigenvalue weighted by Gasteiger charge is 2.21. The quantitative estimate of drug-likeness (QED) is 0.925. The number of halogens is 1. The number of rotatable bonds is 4. The highest BCUT2D eigenvalue weighted by Crippen LogP contribution is 2.21. The number of hydrogen-bond acceptors (Lipinski definition) is 3. The molecule has 1 unspecified atom stereocenters. The predicted molar refractivity (Wildman–Crippen MR) is 83.1 cm³/mol. The number of carbonyl (C=O) groups is 1. The molecule has 2 N–H and O–H groups in total. The smallest absolute Gasteiger partial charge is 0.222 e. The van der Waals surface area contributed by atoms with Crippen molar-refractivity contribution in [2.45, 2.75) is 25.8 Å². The van der Waals surface area contributed by atoms with Crippen LogP contribution in [0.15, 0.2) is 24.3 Å². The van der Waals surface area contributed by atoms with Crippen LogP contribution < -0.4 is 10.6 Å². The van der Waals surface area contributed by atoms with Gasteiger partial charge in [-0.05, 0) is 31.5 Å². The fourth-order valence-corrected chi connectivity index (χ4v) is 2.58. The van der Waals surface area contributed by atoms with E-state index in [1.807, 2.05) is 30.0 Å². The van der Waals surface area contributed by atoms with Crippen LogP contribution in [-0.2, 0) is 4.79 Å². The van der Waals surface area contributed by atoms with Crippen LogP contribution in [0, 0.1) is 0 Å². The summed E-state index contributed by atoms with van der Waals surface area (Å²) in [6, 6.07) is 7.94. The zero-order chi connectivity index (χ0) is 14.5. The fraction of sp³-hybridized carbons (Fsp3) is 0.533. The summed E-state index contributed by atoms with van der Waals surface area (Å²) >= 11 is 6.01. The van der Waals surface area contributed by atoms with E-state index in [4.69, 9.17) is 17.3 Å². The van der Waals surface area contributed by atoms with Gasteiger partial charge in [0.1, 0.15) is 0 Å². The second-order valence-corrected chi connectivity index (χ2v) is 5.80. The Labute approximate surface area is 125 Å². The molecule has 1 saturated heterocycles. The van der Waals surface area contributed by atoms with Crippen molar-refractivity contribution in [2.75, 3.05) is 31.1 Å². The Bertz CT molecular complexity index is 456. The molecule has 20 heavy (non-hydrogen) atoms. The second-order valence-electron chi connectivity index (χ2n) is 5.36. The fourth-order valence-electron chi connectivity index (χ4n) is 2.40. The molecule has 1 heterocycles. The molecule has 0 spiro atoms. The molecule has 1 amide bonds. The lowest BCUT2D eigenvalue weighted by Crippen LogP contribution is -2.48. The van der Waals surface area contributed by atoms with Crippen molar-refractivity contribution in [1.29, 1.82) is 0 Å². The van der Waals surface area contributed by atoms with Crippen LogP contribution in [0.5, 0.6) is 0 Å². The molecule has 1 atom stereocenters. The third-order valence-corrected chi connectivity index (χ3v) is 3.85. The van der Waals surface area contributed by atoms with Crippen molar-refractivity contribution >= 4 is 23.2 Å². The lowest BCUT2D eigenvalue weighted by Gasteiger charge is -2.36. The molecule has 0 bridgehead atoms. The summed E-state index contributed by atoms with van der Waals surface area (Å²) in [5, 5.41) is 0.748. The second kappa shape index (κ2) is 6.95. The lowest BCUT2D eigenvalue weighted by atomic mass is 10.1. The van der Waals surface area contributed by atoms with Crippen molar-refractivity contribution in [3.8, 4) is 0 Å². The first kappa shape index (κ1) is 15.1. The van der Waals surface area contributed by atoms with Crippen LogP contribution in [0.4, 0.5) is 5.69 Å². The minimum Gasteiger partial charge on any atom is -0.368 e. The van der Waals surface area contributed by atoms with Crippen LogP contribution in [0.2, 0.25) is 5.02 Å². The van der Waals surface area contributed by atoms with Gasteiger partial charge in [0.05, 0.1) is 0 Å². The molecule has 4 nitrogen and oxygen atoms in total. The van der Waals surface area contributed by atoms with Crippen LogP contribution >= 0.6 is 11.6 Å². The monoisotopic (exact) mass is 295 g/mol. The average Bonchev–Trinajstić information content (AvgIpc) is 2.45. The predicted octanol–water partition coefficient (Wildman–Crippen LogP) is 2.12. The molecule has 1 aliphatic heterocycles. The van der Waals surface area contributed by atoms with Gasteiger partial charge in [0.2, 0.25) is 5.91 Å². The maximum atomic E-state index is 12.0. The molecule has 2 rings (SSSR count). The first-order valence-corrected chi connectivity index (χ1v) is 7.48. The molecule has 0 saturated carbocycles. The Morgan fingerprint density at radius 3 is 2.65 bits per heavy atom. The van der Waals surface area contributed by atoms with E-state index >= 15 is 0 Å². The highest BCUT2D eigenvalue weighted by atomic mass is 35.5. The largest absolute Gasteiger partial charge is 0.368 e. The first-order valence-electron chi connectivity index (χ1n) is 7.10. The minimum absolute atomic E-state index is 0.0895. The zero-order valence-corrected chi connectivity index (χ0v) is 12.6. The van der Waals surface area contributed by atoms with Crippen LogP contribution in [0.25, 0.3) is 0 Å². The van der Waals surface area contributed by atoms with Crippen LogP contribution in [-0.4, -0.2) is 43.0 Å². The van der Waals surface area contributed by atoms with E-state index in [1.165, 1.54) is 0 Å². The number of carbonyl (C=O) groups excluding carboxylic acids is 1. The number of benzene rings is 1. The third-order valence-electron chi connectivity index (χ3n) is 3.62. The van der Waals surface area contributed by atoms with E-state index in [1.54, 1.807) is 0 Å². The van der Waals surface area contributed by atoms with Crippen molar-refractivity contribution in [2.24, 2.45) is 5.73 Å². The topological polar surface area (TPSA) is 49.6 Å². The van der Waals surface area contributed by atoms with E-state index in [2.05, 4.69) is 11.0 Å². The van der Waals surface area contributed by atoms with Crippen molar-refractivity contribution in [1.82, 2.24) is 4.90 Å². The molecule has 0 aromatic heterocycles. The van der Waals surface area contributed by atoms with Gasteiger partial charge in [0.25, 0.3) is 0 Å². The summed E-state index contributed by atoms with van der Waals surface area (Å²) < 4.78 is 0. The van der Waals surface area contributed by atoms with Gasteiger partial charge in [-0.25, -0.2) is 0 Å². The SMILES string of the molecule is CC(N)CCC(=O)N1CCN(c2cccc(Cl)c2)CC1. The standard InChI is InChI=1S/C15H22ClN3O/c1-12(17)5-6-15(20)19-9-7-18(8-10-19)14-4-2-3-13(16)11-14/h2-4,11-12H,5-10,17H2,1H3.